The maximum absolute atomic E-state index is 12.9. The van der Waals surface area contributed by atoms with Gasteiger partial charge in [-0.25, -0.2) is 0 Å². The number of rotatable bonds is 2. The molecule has 2 amide bonds. The van der Waals surface area contributed by atoms with Crippen LogP contribution in [0.25, 0.3) is 11.1 Å². The lowest BCUT2D eigenvalue weighted by molar-refractivity contribution is -0.118. The minimum atomic E-state index is -0.0899. The number of benzene rings is 2. The van der Waals surface area contributed by atoms with Crippen LogP contribution in [0.15, 0.2) is 60.9 Å². The molecular formula is C24H25N5O3. The van der Waals surface area contributed by atoms with Crippen molar-refractivity contribution in [2.45, 2.75) is 6.04 Å². The first-order valence-electron chi connectivity index (χ1n) is 10.7. The van der Waals surface area contributed by atoms with Crippen molar-refractivity contribution in [1.29, 1.82) is 0 Å². The van der Waals surface area contributed by atoms with Crippen molar-refractivity contribution in [3.63, 3.8) is 0 Å². The largest absolute Gasteiger partial charge is 0.490 e. The molecule has 2 aliphatic heterocycles. The van der Waals surface area contributed by atoms with Gasteiger partial charge in [0.1, 0.15) is 12.4 Å². The number of aryl methyl sites for hydroxylation is 1. The number of ether oxygens (including phenoxy) is 1. The third-order valence-corrected chi connectivity index (χ3v) is 5.98. The van der Waals surface area contributed by atoms with Gasteiger partial charge in [-0.2, -0.15) is 5.10 Å². The summed E-state index contributed by atoms with van der Waals surface area (Å²) in [5.74, 6) is 0.545. The van der Waals surface area contributed by atoms with Gasteiger partial charge in [0, 0.05) is 44.0 Å². The molecule has 32 heavy (non-hydrogen) atoms. The Bertz CT molecular complexity index is 1140. The fourth-order valence-electron chi connectivity index (χ4n) is 4.27. The number of anilines is 1. The minimum absolute atomic E-state index is 0.0103. The summed E-state index contributed by atoms with van der Waals surface area (Å²) in [5, 5.41) is 7.22. The molecule has 1 atom stereocenters. The van der Waals surface area contributed by atoms with Crippen LogP contribution < -0.4 is 10.1 Å². The van der Waals surface area contributed by atoms with E-state index in [2.05, 4.69) is 15.3 Å². The Morgan fingerprint density at radius 1 is 1.12 bits per heavy atom. The summed E-state index contributed by atoms with van der Waals surface area (Å²) in [4.78, 5) is 29.6. The van der Waals surface area contributed by atoms with Crippen LogP contribution in [0.1, 0.15) is 10.4 Å². The molecule has 1 N–H and O–H groups in total. The molecule has 8 nitrogen and oxygen atoms in total. The fraction of sp³-hybridized carbons (Fsp3) is 0.292. The Morgan fingerprint density at radius 2 is 1.97 bits per heavy atom. The lowest BCUT2D eigenvalue weighted by Gasteiger charge is -2.40. The number of amides is 2. The van der Waals surface area contributed by atoms with E-state index < -0.39 is 0 Å². The summed E-state index contributed by atoms with van der Waals surface area (Å²) in [6.45, 7) is 2.38. The summed E-state index contributed by atoms with van der Waals surface area (Å²) >= 11 is 0. The first-order valence-corrected chi connectivity index (χ1v) is 10.7. The van der Waals surface area contributed by atoms with Crippen molar-refractivity contribution in [3.05, 3.63) is 66.5 Å². The monoisotopic (exact) mass is 431 g/mol. The number of aromatic nitrogens is 2. The van der Waals surface area contributed by atoms with Gasteiger partial charge in [0.15, 0.2) is 0 Å². The van der Waals surface area contributed by atoms with E-state index in [0.29, 0.717) is 43.2 Å². The van der Waals surface area contributed by atoms with Crippen LogP contribution in [0, 0.1) is 0 Å². The molecule has 0 saturated carbocycles. The van der Waals surface area contributed by atoms with Gasteiger partial charge < -0.3 is 15.0 Å². The summed E-state index contributed by atoms with van der Waals surface area (Å²) in [7, 11) is 1.87. The molecule has 0 radical (unpaired) electrons. The Labute approximate surface area is 186 Å². The van der Waals surface area contributed by atoms with E-state index in [1.54, 1.807) is 10.9 Å². The third kappa shape index (κ3) is 4.09. The highest BCUT2D eigenvalue weighted by Gasteiger charge is 2.32. The number of carbonyl (C=O) groups excluding carboxylic acids is 2. The van der Waals surface area contributed by atoms with Crippen LogP contribution in [-0.4, -0.2) is 70.2 Å². The van der Waals surface area contributed by atoms with Crippen molar-refractivity contribution in [2.75, 3.05) is 38.1 Å². The standard InChI is InChI=1S/C24H25N5O3/c1-27-13-19(12-25-27)18-7-8-22-21(11-18)26-23(30)15-28-9-10-29(14-20(28)16-32-22)24(31)17-5-3-2-4-6-17/h2-8,11-13,20H,9-10,14-16H2,1H3,(H,26,30)/t20-/m0/s1. The molecule has 1 fully saturated rings. The molecule has 0 bridgehead atoms. The van der Waals surface area contributed by atoms with Gasteiger partial charge in [-0.3, -0.25) is 19.2 Å². The van der Waals surface area contributed by atoms with Crippen LogP contribution in [0.4, 0.5) is 5.69 Å². The molecule has 3 aromatic rings. The van der Waals surface area contributed by atoms with E-state index >= 15 is 0 Å². The van der Waals surface area contributed by atoms with E-state index in [1.807, 2.05) is 66.7 Å². The van der Waals surface area contributed by atoms with Gasteiger partial charge in [0.05, 0.1) is 24.5 Å². The number of fused-ring (bicyclic) bond motifs is 2. The summed E-state index contributed by atoms with van der Waals surface area (Å²) < 4.78 is 7.88. The predicted octanol–water partition coefficient (Wildman–Crippen LogP) is 2.24. The molecule has 0 unspecified atom stereocenters. The van der Waals surface area contributed by atoms with Gasteiger partial charge in [-0.05, 0) is 29.8 Å². The molecule has 2 aliphatic rings. The van der Waals surface area contributed by atoms with E-state index in [-0.39, 0.29) is 24.4 Å². The Hall–Kier alpha value is -3.65. The topological polar surface area (TPSA) is 79.7 Å². The van der Waals surface area contributed by atoms with Crippen molar-refractivity contribution in [1.82, 2.24) is 19.6 Å². The van der Waals surface area contributed by atoms with Crippen LogP contribution >= 0.6 is 0 Å². The maximum atomic E-state index is 12.9. The molecule has 2 aromatic carbocycles. The smallest absolute Gasteiger partial charge is 0.253 e. The van der Waals surface area contributed by atoms with E-state index in [0.717, 1.165) is 11.1 Å². The first kappa shape index (κ1) is 20.3. The normalized spacial score (nSPS) is 19.0. The SMILES string of the molecule is Cn1cc(-c2ccc3c(c2)NC(=O)CN2CCN(C(=O)c4ccccc4)C[C@H]2CO3)cn1. The molecular weight excluding hydrogens is 406 g/mol. The van der Waals surface area contributed by atoms with Gasteiger partial charge in [-0.1, -0.05) is 24.3 Å². The number of nitrogens with zero attached hydrogens (tertiary/aromatic N) is 4. The average Bonchev–Trinajstić information content (AvgIpc) is 3.26. The number of carbonyl (C=O) groups is 2. The summed E-state index contributed by atoms with van der Waals surface area (Å²) in [6.07, 6.45) is 3.72. The second-order valence-corrected chi connectivity index (χ2v) is 8.21. The Morgan fingerprint density at radius 3 is 2.75 bits per heavy atom. The molecule has 1 saturated heterocycles. The number of hydrogen-bond donors (Lipinski definition) is 1. The predicted molar refractivity (Wildman–Crippen MR) is 120 cm³/mol. The molecule has 164 valence electrons. The van der Waals surface area contributed by atoms with Crippen molar-refractivity contribution >= 4 is 17.5 Å². The van der Waals surface area contributed by atoms with Crippen molar-refractivity contribution in [2.24, 2.45) is 7.05 Å². The average molecular weight is 431 g/mol. The molecule has 5 rings (SSSR count). The number of piperazine rings is 1. The molecule has 1 aromatic heterocycles. The first-order chi connectivity index (χ1) is 15.6. The van der Waals surface area contributed by atoms with Crippen LogP contribution in [0.3, 0.4) is 0 Å². The van der Waals surface area contributed by atoms with Crippen LogP contribution in [-0.2, 0) is 11.8 Å². The summed E-state index contributed by atoms with van der Waals surface area (Å²) in [5.41, 5.74) is 3.25. The summed E-state index contributed by atoms with van der Waals surface area (Å²) in [6, 6.07) is 15.0. The van der Waals surface area contributed by atoms with E-state index in [9.17, 15) is 9.59 Å². The molecule has 3 heterocycles. The highest BCUT2D eigenvalue weighted by molar-refractivity contribution is 5.95. The second-order valence-electron chi connectivity index (χ2n) is 8.21. The highest BCUT2D eigenvalue weighted by atomic mass is 16.5. The van der Waals surface area contributed by atoms with Crippen molar-refractivity contribution < 1.29 is 14.3 Å². The zero-order valence-electron chi connectivity index (χ0n) is 17.9. The van der Waals surface area contributed by atoms with Crippen molar-refractivity contribution in [3.8, 4) is 16.9 Å². The van der Waals surface area contributed by atoms with E-state index in [4.69, 9.17) is 4.74 Å². The van der Waals surface area contributed by atoms with Gasteiger partial charge >= 0.3 is 0 Å². The number of hydrogen-bond acceptors (Lipinski definition) is 5. The quantitative estimate of drug-likeness (QED) is 0.673. The number of nitrogens with one attached hydrogen (secondary N) is 1. The second kappa shape index (κ2) is 8.47. The lowest BCUT2D eigenvalue weighted by atomic mass is 10.1. The van der Waals surface area contributed by atoms with Crippen LogP contribution in [0.2, 0.25) is 0 Å². The lowest BCUT2D eigenvalue weighted by Crippen LogP contribution is -2.57. The van der Waals surface area contributed by atoms with Crippen LogP contribution in [0.5, 0.6) is 5.75 Å². The maximum Gasteiger partial charge on any atom is 0.253 e. The Kier molecular flexibility index (Phi) is 5.36. The minimum Gasteiger partial charge on any atom is -0.490 e. The zero-order chi connectivity index (χ0) is 22.1. The fourth-order valence-corrected chi connectivity index (χ4v) is 4.27. The molecule has 0 spiro atoms. The Balaban J connectivity index is 1.36. The zero-order valence-corrected chi connectivity index (χ0v) is 17.9. The highest BCUT2D eigenvalue weighted by Crippen LogP contribution is 2.32. The van der Waals surface area contributed by atoms with Gasteiger partial charge in [0.25, 0.3) is 5.91 Å². The van der Waals surface area contributed by atoms with E-state index in [1.165, 1.54) is 0 Å². The van der Waals surface area contributed by atoms with Gasteiger partial charge in [0.2, 0.25) is 5.91 Å². The third-order valence-electron chi connectivity index (χ3n) is 5.98. The van der Waals surface area contributed by atoms with Gasteiger partial charge in [-0.15, -0.1) is 0 Å². The molecule has 8 heteroatoms. The molecule has 0 aliphatic carbocycles.